The van der Waals surface area contributed by atoms with Gasteiger partial charge in [-0.15, -0.1) is 0 Å². The Balaban J connectivity index is 2.62. The monoisotopic (exact) mass is 544 g/mol. The maximum Gasteiger partial charge on any atom is 0.418 e. The largest absolute Gasteiger partial charge is 0.480 e. The van der Waals surface area contributed by atoms with E-state index in [1.165, 1.54) is 19.1 Å². The Morgan fingerprint density at radius 1 is 1.22 bits per heavy atom. The van der Waals surface area contributed by atoms with Gasteiger partial charge in [-0.05, 0) is 46.7 Å². The first-order valence-corrected chi connectivity index (χ1v) is 16.4. The maximum absolute atomic E-state index is 15.0. The highest BCUT2D eigenvalue weighted by atomic mass is 32.2. The second-order valence-corrected chi connectivity index (χ2v) is 18.7. The van der Waals surface area contributed by atoms with E-state index in [0.717, 1.165) is 28.8 Å². The molecule has 11 heteroatoms. The van der Waals surface area contributed by atoms with E-state index in [9.17, 15) is 19.1 Å². The molecule has 7 nitrogen and oxygen atoms in total. The van der Waals surface area contributed by atoms with Gasteiger partial charge in [0.15, 0.2) is 16.8 Å². The van der Waals surface area contributed by atoms with Crippen LogP contribution in [0.4, 0.5) is 13.6 Å². The van der Waals surface area contributed by atoms with E-state index in [2.05, 4.69) is 24.6 Å². The van der Waals surface area contributed by atoms with Gasteiger partial charge in [-0.2, -0.15) is 0 Å². The van der Waals surface area contributed by atoms with E-state index in [1.807, 2.05) is 0 Å². The highest BCUT2D eigenvalue weighted by molar-refractivity contribution is 8.15. The molecule has 1 aromatic rings. The van der Waals surface area contributed by atoms with Gasteiger partial charge in [0.25, 0.3) is 0 Å². The first kappa shape index (κ1) is 30.2. The molecule has 0 aromatic heterocycles. The molecule has 1 heterocycles. The number of amidine groups is 1. The summed E-state index contributed by atoms with van der Waals surface area (Å²) in [7, 11) is -1.41. The third-order valence-corrected chi connectivity index (χ3v) is 9.43. The minimum atomic E-state index is -1.52. The maximum atomic E-state index is 15.0. The number of ether oxygens (including phenoxy) is 2. The second-order valence-electron chi connectivity index (χ2n) is 11.6. The van der Waals surface area contributed by atoms with Gasteiger partial charge < -0.3 is 14.6 Å². The number of hydrogen-bond acceptors (Lipinski definition) is 6. The molecular weight excluding hydrogens is 506 g/mol. The van der Waals surface area contributed by atoms with Crippen molar-refractivity contribution in [1.82, 2.24) is 4.90 Å². The molecule has 0 radical (unpaired) electrons. The number of hydrogen-bond donors (Lipinski definition) is 1. The third kappa shape index (κ3) is 6.86. The number of aliphatic carboxylic acids is 1. The summed E-state index contributed by atoms with van der Waals surface area (Å²) in [6.07, 6.45) is -0.772. The average molecular weight is 545 g/mol. The molecule has 1 amide bonds. The van der Waals surface area contributed by atoms with E-state index in [0.29, 0.717) is 6.61 Å². The normalized spacial score (nSPS) is 24.8. The van der Waals surface area contributed by atoms with Crippen molar-refractivity contribution in [3.63, 3.8) is 0 Å². The number of carbonyl (C=O) groups excluding carboxylic acids is 1. The number of amides is 1. The summed E-state index contributed by atoms with van der Waals surface area (Å²) in [6, 6.07) is 4.58. The molecule has 0 aliphatic carbocycles. The zero-order chi connectivity index (χ0) is 27.7. The lowest BCUT2D eigenvalue weighted by Crippen LogP contribution is -2.55. The van der Waals surface area contributed by atoms with Crippen molar-refractivity contribution in [3.8, 4) is 0 Å². The van der Waals surface area contributed by atoms with Crippen molar-refractivity contribution in [1.29, 1.82) is 0 Å². The van der Waals surface area contributed by atoms with Crippen molar-refractivity contribution < 1.29 is 33.0 Å². The van der Waals surface area contributed by atoms with Crippen LogP contribution in [0.25, 0.3) is 0 Å². The van der Waals surface area contributed by atoms with Gasteiger partial charge >= 0.3 is 12.1 Å². The van der Waals surface area contributed by atoms with Gasteiger partial charge in [0.1, 0.15) is 17.1 Å². The zero-order valence-electron chi connectivity index (χ0n) is 22.6. The number of halogens is 2. The summed E-state index contributed by atoms with van der Waals surface area (Å²) < 4.78 is 39.1. The van der Waals surface area contributed by atoms with Crippen molar-refractivity contribution in [2.45, 2.75) is 83.1 Å². The van der Waals surface area contributed by atoms with Gasteiger partial charge in [0.05, 0.1) is 5.54 Å². The Morgan fingerprint density at radius 2 is 1.83 bits per heavy atom. The Labute approximate surface area is 217 Å². The van der Waals surface area contributed by atoms with Gasteiger partial charge in [0.2, 0.25) is 0 Å². The van der Waals surface area contributed by atoms with E-state index in [-0.39, 0.29) is 17.5 Å². The molecule has 0 saturated carbocycles. The third-order valence-electron chi connectivity index (χ3n) is 6.28. The predicted octanol–water partition coefficient (Wildman–Crippen LogP) is 6.31. The van der Waals surface area contributed by atoms with Gasteiger partial charge in [-0.3, -0.25) is 9.79 Å². The van der Waals surface area contributed by atoms with Crippen LogP contribution in [-0.2, 0) is 19.8 Å². The first-order chi connectivity index (χ1) is 16.3. The SMILES string of the molecule is C[C@@H]1[C@@](C)(C(=O)O)SC(N(COCC[Si](C)(C)C)C(=O)OC(C)(C)C)=N[C@]1(C)c1cccc(F)c1F. The zero-order valence-corrected chi connectivity index (χ0v) is 24.4. The van der Waals surface area contributed by atoms with Crippen LogP contribution in [0.1, 0.15) is 47.1 Å². The van der Waals surface area contributed by atoms with Crippen LogP contribution in [-0.4, -0.2) is 59.0 Å². The van der Waals surface area contributed by atoms with Gasteiger partial charge in [-0.25, -0.2) is 18.5 Å². The van der Waals surface area contributed by atoms with Crippen LogP contribution in [0, 0.1) is 17.6 Å². The summed E-state index contributed by atoms with van der Waals surface area (Å²) in [4.78, 5) is 31.6. The Hall–Kier alpha value is -1.98. The number of benzene rings is 1. The molecule has 0 spiro atoms. The molecule has 0 fully saturated rings. The fourth-order valence-corrected chi connectivity index (χ4v) is 5.80. The lowest BCUT2D eigenvalue weighted by atomic mass is 9.74. The predicted molar refractivity (Wildman–Crippen MR) is 141 cm³/mol. The average Bonchev–Trinajstić information content (AvgIpc) is 2.71. The van der Waals surface area contributed by atoms with Crippen molar-refractivity contribution in [2.24, 2.45) is 10.9 Å². The molecule has 0 unspecified atom stereocenters. The smallest absolute Gasteiger partial charge is 0.418 e. The van der Waals surface area contributed by atoms with E-state index < -0.39 is 53.6 Å². The molecule has 1 aliphatic rings. The number of carboxylic acid groups (broad SMARTS) is 1. The molecule has 36 heavy (non-hydrogen) atoms. The quantitative estimate of drug-likeness (QED) is 0.246. The number of carboxylic acids is 1. The molecule has 1 aliphatic heterocycles. The van der Waals surface area contributed by atoms with E-state index >= 15 is 4.39 Å². The Kier molecular flexibility index (Phi) is 9.06. The van der Waals surface area contributed by atoms with Crippen LogP contribution in [0.15, 0.2) is 23.2 Å². The van der Waals surface area contributed by atoms with Crippen LogP contribution >= 0.6 is 11.8 Å². The van der Waals surface area contributed by atoms with Crippen LogP contribution < -0.4 is 0 Å². The van der Waals surface area contributed by atoms with Crippen LogP contribution in [0.3, 0.4) is 0 Å². The Bertz CT molecular complexity index is 1030. The molecule has 0 bridgehead atoms. The minimum absolute atomic E-state index is 0.00594. The number of nitrogens with zero attached hydrogens (tertiary/aromatic N) is 2. The fourth-order valence-electron chi connectivity index (χ4n) is 3.70. The summed E-state index contributed by atoms with van der Waals surface area (Å²) >= 11 is 0.871. The molecule has 202 valence electrons. The lowest BCUT2D eigenvalue weighted by Gasteiger charge is -2.46. The standard InChI is InChI=1S/C25H38F2N2O5SSi/c1-16-24(5,17-11-10-12-18(26)19(17)27)28-21(35-25(16,6)20(30)31)29(22(32)34-23(2,3)4)15-33-13-14-36(7,8)9/h10-12,16H,13-15H2,1-9H3,(H,30,31)/t16-,24-,25-/m0/s1. The number of rotatable bonds is 7. The van der Waals surface area contributed by atoms with E-state index in [4.69, 9.17) is 9.47 Å². The lowest BCUT2D eigenvalue weighted by molar-refractivity contribution is -0.141. The van der Waals surface area contributed by atoms with Gasteiger partial charge in [-0.1, -0.05) is 50.5 Å². The summed E-state index contributed by atoms with van der Waals surface area (Å²) in [6.45, 7) is 16.6. The summed E-state index contributed by atoms with van der Waals surface area (Å²) in [5, 5.41) is 10.2. The highest BCUT2D eigenvalue weighted by Crippen LogP contribution is 2.51. The summed E-state index contributed by atoms with van der Waals surface area (Å²) in [5.74, 6) is -4.11. The second kappa shape index (κ2) is 10.8. The van der Waals surface area contributed by atoms with Crippen LogP contribution in [0.5, 0.6) is 0 Å². The number of thioether (sulfide) groups is 1. The number of aliphatic imine (C=N–C) groups is 1. The molecule has 3 atom stereocenters. The molecule has 0 saturated heterocycles. The molecule has 1 aromatic carbocycles. The number of carbonyl (C=O) groups is 2. The van der Waals surface area contributed by atoms with Crippen molar-refractivity contribution >= 4 is 37.1 Å². The highest BCUT2D eigenvalue weighted by Gasteiger charge is 2.56. The molecule has 2 rings (SSSR count). The van der Waals surface area contributed by atoms with Crippen LogP contribution in [0.2, 0.25) is 25.7 Å². The Morgan fingerprint density at radius 3 is 2.36 bits per heavy atom. The van der Waals surface area contributed by atoms with Crippen molar-refractivity contribution in [2.75, 3.05) is 13.3 Å². The topological polar surface area (TPSA) is 88.4 Å². The molecule has 1 N–H and O–H groups in total. The van der Waals surface area contributed by atoms with Crippen molar-refractivity contribution in [3.05, 3.63) is 35.4 Å². The summed E-state index contributed by atoms with van der Waals surface area (Å²) in [5.41, 5.74) is -2.43. The minimum Gasteiger partial charge on any atom is -0.480 e. The van der Waals surface area contributed by atoms with E-state index in [1.54, 1.807) is 34.6 Å². The fraction of sp³-hybridized carbons (Fsp3) is 0.640. The first-order valence-electron chi connectivity index (χ1n) is 11.9. The molecular formula is C25H38F2N2O5SSi. The van der Waals surface area contributed by atoms with Gasteiger partial charge in [0, 0.05) is 26.2 Å².